The zero-order valence-corrected chi connectivity index (χ0v) is 10.5. The van der Waals surface area contributed by atoms with Crippen LogP contribution in [0.3, 0.4) is 0 Å². The van der Waals surface area contributed by atoms with E-state index in [0.717, 1.165) is 0 Å². The van der Waals surface area contributed by atoms with Gasteiger partial charge in [0.05, 0.1) is 22.4 Å². The molecule has 0 aromatic heterocycles. The predicted octanol–water partition coefficient (Wildman–Crippen LogP) is 3.36. The molecule has 1 atom stereocenters. The Labute approximate surface area is 106 Å². The molecule has 1 fully saturated rings. The third-order valence-electron chi connectivity index (χ3n) is 3.35. The standard InChI is InChI=1S/C13H15ClN2O/c1-8(9-3-2-4-9)17-13-6-11(14)10(7-15)5-12(13)16/h5-6,8-9H,2-4,16H2,1H3/t8-/m0/s1. The maximum absolute atomic E-state index is 8.82. The van der Waals surface area contributed by atoms with Crippen molar-refractivity contribution < 1.29 is 4.74 Å². The highest BCUT2D eigenvalue weighted by molar-refractivity contribution is 6.32. The lowest BCUT2D eigenvalue weighted by atomic mass is 9.82. The Morgan fingerprint density at radius 2 is 2.24 bits per heavy atom. The first-order valence-corrected chi connectivity index (χ1v) is 6.15. The third-order valence-corrected chi connectivity index (χ3v) is 3.66. The minimum absolute atomic E-state index is 0.148. The van der Waals surface area contributed by atoms with E-state index in [4.69, 9.17) is 27.3 Å². The molecule has 0 amide bonds. The van der Waals surface area contributed by atoms with Crippen molar-refractivity contribution >= 4 is 17.3 Å². The summed E-state index contributed by atoms with van der Waals surface area (Å²) in [6, 6.07) is 5.18. The topological polar surface area (TPSA) is 59.0 Å². The normalized spacial score (nSPS) is 17.0. The quantitative estimate of drug-likeness (QED) is 0.837. The van der Waals surface area contributed by atoms with Crippen LogP contribution in [0.2, 0.25) is 5.02 Å². The Bertz CT molecular complexity index is 463. The Morgan fingerprint density at radius 1 is 1.53 bits per heavy atom. The molecule has 0 spiro atoms. The number of nitriles is 1. The lowest BCUT2D eigenvalue weighted by Gasteiger charge is -2.31. The van der Waals surface area contributed by atoms with Crippen molar-refractivity contribution in [3.63, 3.8) is 0 Å². The second-order valence-corrected chi connectivity index (χ2v) is 4.90. The molecule has 1 saturated carbocycles. The smallest absolute Gasteiger partial charge is 0.144 e. The van der Waals surface area contributed by atoms with Crippen LogP contribution in [-0.4, -0.2) is 6.10 Å². The van der Waals surface area contributed by atoms with Gasteiger partial charge in [0, 0.05) is 6.07 Å². The van der Waals surface area contributed by atoms with Gasteiger partial charge in [0.1, 0.15) is 11.8 Å². The molecule has 0 heterocycles. The molecule has 1 aliphatic rings. The molecule has 17 heavy (non-hydrogen) atoms. The predicted molar refractivity (Wildman–Crippen MR) is 68.0 cm³/mol. The maximum atomic E-state index is 8.82. The fourth-order valence-corrected chi connectivity index (χ4v) is 2.16. The number of nitrogen functional groups attached to an aromatic ring is 1. The largest absolute Gasteiger partial charge is 0.488 e. The van der Waals surface area contributed by atoms with Crippen LogP contribution in [0.5, 0.6) is 5.75 Å². The number of anilines is 1. The zero-order valence-electron chi connectivity index (χ0n) is 9.74. The fourth-order valence-electron chi connectivity index (χ4n) is 1.97. The van der Waals surface area contributed by atoms with E-state index in [2.05, 4.69) is 6.92 Å². The summed E-state index contributed by atoms with van der Waals surface area (Å²) in [5.74, 6) is 1.19. The molecular formula is C13H15ClN2O. The van der Waals surface area contributed by atoms with Crippen molar-refractivity contribution in [2.45, 2.75) is 32.3 Å². The molecule has 0 saturated heterocycles. The summed E-state index contributed by atoms with van der Waals surface area (Å²) in [5.41, 5.74) is 6.69. The van der Waals surface area contributed by atoms with E-state index in [1.807, 2.05) is 6.07 Å². The van der Waals surface area contributed by atoms with Crippen LogP contribution in [0.25, 0.3) is 0 Å². The van der Waals surface area contributed by atoms with Gasteiger partial charge in [-0.15, -0.1) is 0 Å². The van der Waals surface area contributed by atoms with E-state index in [9.17, 15) is 0 Å². The van der Waals surface area contributed by atoms with Gasteiger partial charge in [-0.2, -0.15) is 5.26 Å². The number of nitrogens with two attached hydrogens (primary N) is 1. The number of rotatable bonds is 3. The van der Waals surface area contributed by atoms with Gasteiger partial charge in [-0.05, 0) is 31.7 Å². The number of hydrogen-bond acceptors (Lipinski definition) is 3. The molecule has 3 nitrogen and oxygen atoms in total. The van der Waals surface area contributed by atoms with Crippen LogP contribution in [-0.2, 0) is 0 Å². The summed E-state index contributed by atoms with van der Waals surface area (Å²) in [5, 5.41) is 9.21. The van der Waals surface area contributed by atoms with Gasteiger partial charge in [-0.3, -0.25) is 0 Å². The highest BCUT2D eigenvalue weighted by atomic mass is 35.5. The van der Waals surface area contributed by atoms with Gasteiger partial charge in [0.2, 0.25) is 0 Å². The van der Waals surface area contributed by atoms with Crippen molar-refractivity contribution in [2.75, 3.05) is 5.73 Å². The van der Waals surface area contributed by atoms with E-state index in [1.165, 1.54) is 19.3 Å². The van der Waals surface area contributed by atoms with Gasteiger partial charge in [-0.25, -0.2) is 0 Å². The summed E-state index contributed by atoms with van der Waals surface area (Å²) in [7, 11) is 0. The Kier molecular flexibility index (Phi) is 3.44. The van der Waals surface area contributed by atoms with Gasteiger partial charge in [0.15, 0.2) is 0 Å². The lowest BCUT2D eigenvalue weighted by Crippen LogP contribution is -2.29. The summed E-state index contributed by atoms with van der Waals surface area (Å²) in [6.45, 7) is 2.05. The molecule has 0 unspecified atom stereocenters. The average Bonchev–Trinajstić information content (AvgIpc) is 2.20. The molecule has 0 aliphatic heterocycles. The molecule has 0 radical (unpaired) electrons. The van der Waals surface area contributed by atoms with Crippen molar-refractivity contribution in [1.82, 2.24) is 0 Å². The van der Waals surface area contributed by atoms with Crippen LogP contribution in [0, 0.1) is 17.2 Å². The van der Waals surface area contributed by atoms with Crippen LogP contribution in [0.15, 0.2) is 12.1 Å². The van der Waals surface area contributed by atoms with Gasteiger partial charge in [0.25, 0.3) is 0 Å². The number of hydrogen-bond donors (Lipinski definition) is 1. The van der Waals surface area contributed by atoms with Crippen molar-refractivity contribution in [3.8, 4) is 11.8 Å². The molecule has 2 N–H and O–H groups in total. The second-order valence-electron chi connectivity index (χ2n) is 4.50. The van der Waals surface area contributed by atoms with Crippen molar-refractivity contribution in [2.24, 2.45) is 5.92 Å². The van der Waals surface area contributed by atoms with Crippen LogP contribution in [0.1, 0.15) is 31.7 Å². The zero-order chi connectivity index (χ0) is 12.4. The molecule has 1 aromatic carbocycles. The third kappa shape index (κ3) is 2.48. The lowest BCUT2D eigenvalue weighted by molar-refractivity contribution is 0.0996. The van der Waals surface area contributed by atoms with E-state index < -0.39 is 0 Å². The van der Waals surface area contributed by atoms with E-state index >= 15 is 0 Å². The Morgan fingerprint density at radius 3 is 2.76 bits per heavy atom. The van der Waals surface area contributed by atoms with Crippen LogP contribution in [0.4, 0.5) is 5.69 Å². The second kappa shape index (κ2) is 4.85. The van der Waals surface area contributed by atoms with E-state index in [0.29, 0.717) is 27.9 Å². The van der Waals surface area contributed by atoms with Gasteiger partial charge < -0.3 is 10.5 Å². The monoisotopic (exact) mass is 250 g/mol. The summed E-state index contributed by atoms with van der Waals surface area (Å²) < 4.78 is 5.81. The molecule has 90 valence electrons. The average molecular weight is 251 g/mol. The first-order chi connectivity index (χ1) is 8.11. The molecule has 2 rings (SSSR count). The fraction of sp³-hybridized carbons (Fsp3) is 0.462. The minimum Gasteiger partial charge on any atom is -0.488 e. The highest BCUT2D eigenvalue weighted by Crippen LogP contribution is 2.35. The molecule has 1 aliphatic carbocycles. The van der Waals surface area contributed by atoms with Gasteiger partial charge >= 0.3 is 0 Å². The number of ether oxygens (including phenoxy) is 1. The Hall–Kier alpha value is -1.40. The van der Waals surface area contributed by atoms with Gasteiger partial charge in [-0.1, -0.05) is 18.0 Å². The SMILES string of the molecule is C[C@H](Oc1cc(Cl)c(C#N)cc1N)C1CCC1. The summed E-state index contributed by atoms with van der Waals surface area (Å²) in [6.07, 6.45) is 3.85. The molecular weight excluding hydrogens is 236 g/mol. The summed E-state index contributed by atoms with van der Waals surface area (Å²) in [4.78, 5) is 0. The number of benzene rings is 1. The van der Waals surface area contributed by atoms with Crippen LogP contribution < -0.4 is 10.5 Å². The van der Waals surface area contributed by atoms with Crippen molar-refractivity contribution in [3.05, 3.63) is 22.7 Å². The summed E-state index contributed by atoms with van der Waals surface area (Å²) >= 11 is 5.95. The van der Waals surface area contributed by atoms with E-state index in [1.54, 1.807) is 12.1 Å². The highest BCUT2D eigenvalue weighted by Gasteiger charge is 2.25. The van der Waals surface area contributed by atoms with E-state index in [-0.39, 0.29) is 6.10 Å². The molecule has 4 heteroatoms. The number of nitrogens with zero attached hydrogens (tertiary/aromatic N) is 1. The molecule has 0 bridgehead atoms. The van der Waals surface area contributed by atoms with Crippen LogP contribution >= 0.6 is 11.6 Å². The van der Waals surface area contributed by atoms with Crippen molar-refractivity contribution in [1.29, 1.82) is 5.26 Å². The number of halogens is 1. The first kappa shape index (κ1) is 12.1. The Balaban J connectivity index is 2.15. The maximum Gasteiger partial charge on any atom is 0.144 e. The first-order valence-electron chi connectivity index (χ1n) is 5.77. The molecule has 1 aromatic rings. The minimum atomic E-state index is 0.148.